The van der Waals surface area contributed by atoms with Crippen LogP contribution in [0.2, 0.25) is 0 Å². The Balaban J connectivity index is 1.70. The molecule has 1 aliphatic carbocycles. The molecule has 1 fully saturated rings. The molecule has 0 bridgehead atoms. The molecule has 1 heterocycles. The van der Waals surface area contributed by atoms with Gasteiger partial charge in [0.1, 0.15) is 5.82 Å². The minimum atomic E-state index is -0.242. The summed E-state index contributed by atoms with van der Waals surface area (Å²) < 4.78 is 13.4. The van der Waals surface area contributed by atoms with E-state index in [1.807, 2.05) is 6.07 Å². The number of carbonyl (C=O) groups excluding carboxylic acids is 1. The Kier molecular flexibility index (Phi) is 3.61. The molecule has 20 heavy (non-hydrogen) atoms. The summed E-state index contributed by atoms with van der Waals surface area (Å²) in [6, 6.07) is 5.16. The van der Waals surface area contributed by atoms with Crippen molar-refractivity contribution in [1.29, 1.82) is 0 Å². The molecule has 1 unspecified atom stereocenters. The van der Waals surface area contributed by atoms with Crippen molar-refractivity contribution in [2.24, 2.45) is 5.73 Å². The molecule has 1 saturated carbocycles. The number of nitrogens with two attached hydrogens (primary N) is 1. The van der Waals surface area contributed by atoms with Crippen LogP contribution in [-0.2, 0) is 11.2 Å². The van der Waals surface area contributed by atoms with Gasteiger partial charge in [0.25, 0.3) is 0 Å². The van der Waals surface area contributed by atoms with Gasteiger partial charge in [0.15, 0.2) is 0 Å². The number of amides is 1. The van der Waals surface area contributed by atoms with E-state index in [9.17, 15) is 9.18 Å². The van der Waals surface area contributed by atoms with Crippen LogP contribution in [0.15, 0.2) is 18.2 Å². The van der Waals surface area contributed by atoms with Gasteiger partial charge < -0.3 is 16.0 Å². The van der Waals surface area contributed by atoms with E-state index < -0.39 is 0 Å². The number of nitrogens with one attached hydrogen (secondary N) is 1. The van der Waals surface area contributed by atoms with E-state index in [-0.39, 0.29) is 17.8 Å². The van der Waals surface area contributed by atoms with Crippen molar-refractivity contribution in [2.75, 3.05) is 18.0 Å². The number of nitrogens with zero attached hydrogens (tertiary/aromatic N) is 1. The Bertz CT molecular complexity index is 516. The number of hydrogen-bond donors (Lipinski definition) is 2. The van der Waals surface area contributed by atoms with Gasteiger partial charge in [-0.1, -0.05) is 6.07 Å². The van der Waals surface area contributed by atoms with E-state index in [0.717, 1.165) is 37.1 Å². The fraction of sp³-hybridized carbons (Fsp3) is 0.533. The maximum atomic E-state index is 13.4. The van der Waals surface area contributed by atoms with E-state index in [4.69, 9.17) is 5.73 Å². The lowest BCUT2D eigenvalue weighted by Crippen LogP contribution is -2.43. The molecule has 5 heteroatoms. The van der Waals surface area contributed by atoms with Crippen LogP contribution >= 0.6 is 0 Å². The quantitative estimate of drug-likeness (QED) is 0.850. The summed E-state index contributed by atoms with van der Waals surface area (Å²) in [6.07, 6.45) is 3.42. The van der Waals surface area contributed by atoms with Crippen molar-refractivity contribution in [2.45, 2.75) is 37.8 Å². The van der Waals surface area contributed by atoms with Crippen LogP contribution in [0.25, 0.3) is 0 Å². The Morgan fingerprint density at radius 3 is 3.00 bits per heavy atom. The van der Waals surface area contributed by atoms with E-state index in [1.54, 1.807) is 6.07 Å². The van der Waals surface area contributed by atoms with Crippen molar-refractivity contribution in [3.63, 3.8) is 0 Å². The third-order valence-electron chi connectivity index (χ3n) is 4.06. The van der Waals surface area contributed by atoms with Crippen LogP contribution in [0.1, 0.15) is 24.8 Å². The second kappa shape index (κ2) is 5.40. The third-order valence-corrected chi connectivity index (χ3v) is 4.06. The smallest absolute Gasteiger partial charge is 0.222 e. The SMILES string of the molecule is NCC(CC(=O)NC1CC1)N1CCc2ccc(F)cc21. The van der Waals surface area contributed by atoms with Crippen molar-refractivity contribution in [3.8, 4) is 0 Å². The van der Waals surface area contributed by atoms with Crippen LogP contribution in [-0.4, -0.2) is 31.1 Å². The topological polar surface area (TPSA) is 58.4 Å². The average molecular weight is 277 g/mol. The van der Waals surface area contributed by atoms with Crippen LogP contribution in [0.4, 0.5) is 10.1 Å². The molecule has 4 nitrogen and oxygen atoms in total. The second-order valence-corrected chi connectivity index (χ2v) is 5.65. The summed E-state index contributed by atoms with van der Waals surface area (Å²) >= 11 is 0. The lowest BCUT2D eigenvalue weighted by Gasteiger charge is -2.29. The molecule has 2 aliphatic rings. The van der Waals surface area contributed by atoms with Gasteiger partial charge >= 0.3 is 0 Å². The van der Waals surface area contributed by atoms with Crippen molar-refractivity contribution < 1.29 is 9.18 Å². The molecule has 1 amide bonds. The van der Waals surface area contributed by atoms with Crippen LogP contribution < -0.4 is 16.0 Å². The maximum absolute atomic E-state index is 13.4. The lowest BCUT2D eigenvalue weighted by atomic mass is 10.1. The number of halogens is 1. The average Bonchev–Trinajstić information content (AvgIpc) is 3.14. The highest BCUT2D eigenvalue weighted by molar-refractivity contribution is 5.78. The number of carbonyl (C=O) groups is 1. The predicted molar refractivity (Wildman–Crippen MR) is 76.1 cm³/mol. The molecule has 0 saturated heterocycles. The highest BCUT2D eigenvalue weighted by Gasteiger charge is 2.29. The summed E-state index contributed by atoms with van der Waals surface area (Å²) in [7, 11) is 0. The standard InChI is InChI=1S/C15H20FN3O/c16-11-2-1-10-5-6-19(14(10)7-11)13(9-17)8-15(20)18-12-3-4-12/h1-2,7,12-13H,3-6,8-9,17H2,(H,18,20). The van der Waals surface area contributed by atoms with E-state index >= 15 is 0 Å². The number of benzene rings is 1. The monoisotopic (exact) mass is 277 g/mol. The molecule has 0 aromatic heterocycles. The number of hydrogen-bond acceptors (Lipinski definition) is 3. The molecule has 108 valence electrons. The second-order valence-electron chi connectivity index (χ2n) is 5.65. The molecule has 1 atom stereocenters. The summed E-state index contributed by atoms with van der Waals surface area (Å²) in [6.45, 7) is 1.20. The molecular formula is C15H20FN3O. The van der Waals surface area contributed by atoms with Crippen molar-refractivity contribution in [3.05, 3.63) is 29.6 Å². The van der Waals surface area contributed by atoms with Crippen LogP contribution in [0.5, 0.6) is 0 Å². The van der Waals surface area contributed by atoms with Crippen LogP contribution in [0.3, 0.4) is 0 Å². The molecule has 1 aromatic rings. The minimum Gasteiger partial charge on any atom is -0.366 e. The zero-order chi connectivity index (χ0) is 14.1. The molecule has 3 N–H and O–H groups in total. The van der Waals surface area contributed by atoms with E-state index in [1.165, 1.54) is 6.07 Å². The Hall–Kier alpha value is -1.62. The fourth-order valence-electron chi connectivity index (χ4n) is 2.81. The number of rotatable bonds is 5. The van der Waals surface area contributed by atoms with Crippen molar-refractivity contribution in [1.82, 2.24) is 5.32 Å². The maximum Gasteiger partial charge on any atom is 0.222 e. The largest absolute Gasteiger partial charge is 0.366 e. The zero-order valence-corrected chi connectivity index (χ0v) is 11.4. The highest BCUT2D eigenvalue weighted by Crippen LogP contribution is 2.31. The van der Waals surface area contributed by atoms with Gasteiger partial charge in [0.05, 0.1) is 0 Å². The first-order valence-corrected chi connectivity index (χ1v) is 7.22. The van der Waals surface area contributed by atoms with Gasteiger partial charge in [-0.25, -0.2) is 4.39 Å². The summed E-state index contributed by atoms with van der Waals surface area (Å²) in [5.74, 6) is -0.193. The molecule has 1 aromatic carbocycles. The molecule has 0 radical (unpaired) electrons. The first kappa shape index (κ1) is 13.4. The van der Waals surface area contributed by atoms with Gasteiger partial charge in [-0.05, 0) is 37.0 Å². The molecule has 3 rings (SSSR count). The lowest BCUT2D eigenvalue weighted by molar-refractivity contribution is -0.121. The number of anilines is 1. The van der Waals surface area contributed by atoms with Gasteiger partial charge in [0.2, 0.25) is 5.91 Å². The zero-order valence-electron chi connectivity index (χ0n) is 11.4. The van der Waals surface area contributed by atoms with Gasteiger partial charge in [0, 0.05) is 37.3 Å². The van der Waals surface area contributed by atoms with E-state index in [2.05, 4.69) is 10.2 Å². The van der Waals surface area contributed by atoms with Gasteiger partial charge in [-0.3, -0.25) is 4.79 Å². The third kappa shape index (κ3) is 2.77. The summed E-state index contributed by atoms with van der Waals surface area (Å²) in [5.41, 5.74) is 7.85. The van der Waals surface area contributed by atoms with Gasteiger partial charge in [-0.2, -0.15) is 0 Å². The normalized spacial score (nSPS) is 18.8. The van der Waals surface area contributed by atoms with Gasteiger partial charge in [-0.15, -0.1) is 0 Å². The minimum absolute atomic E-state index is 0.0489. The summed E-state index contributed by atoms with van der Waals surface area (Å²) in [4.78, 5) is 14.0. The Morgan fingerprint density at radius 1 is 1.50 bits per heavy atom. The van der Waals surface area contributed by atoms with Crippen LogP contribution in [0, 0.1) is 5.82 Å². The molecule has 0 spiro atoms. The first-order chi connectivity index (χ1) is 9.67. The summed E-state index contributed by atoms with van der Waals surface area (Å²) in [5, 5.41) is 2.98. The molecule has 1 aliphatic heterocycles. The van der Waals surface area contributed by atoms with E-state index in [0.29, 0.717) is 19.0 Å². The predicted octanol–water partition coefficient (Wildman–Crippen LogP) is 1.18. The Labute approximate surface area is 118 Å². The van der Waals surface area contributed by atoms with Crippen molar-refractivity contribution >= 4 is 11.6 Å². The Morgan fingerprint density at radius 2 is 2.30 bits per heavy atom. The highest BCUT2D eigenvalue weighted by atomic mass is 19.1. The first-order valence-electron chi connectivity index (χ1n) is 7.22. The fourth-order valence-corrected chi connectivity index (χ4v) is 2.81. The number of fused-ring (bicyclic) bond motifs is 1. The molecular weight excluding hydrogens is 257 g/mol.